The van der Waals surface area contributed by atoms with Gasteiger partial charge >= 0.3 is 0 Å². The van der Waals surface area contributed by atoms with Crippen LogP contribution in [0.2, 0.25) is 0 Å². The number of aromatic nitrogens is 1. The Morgan fingerprint density at radius 3 is 2.64 bits per heavy atom. The number of carbonyl (C=O) groups is 2. The van der Waals surface area contributed by atoms with Gasteiger partial charge in [-0.3, -0.25) is 9.59 Å². The molecule has 5 rings (SSSR count). The summed E-state index contributed by atoms with van der Waals surface area (Å²) in [6.07, 6.45) is 2.05. The second-order valence-corrected chi connectivity index (χ2v) is 11.6. The first-order valence-corrected chi connectivity index (χ1v) is 13.7. The minimum atomic E-state index is -3.81. The van der Waals surface area contributed by atoms with Crippen molar-refractivity contribution in [2.75, 3.05) is 26.2 Å². The lowest BCUT2D eigenvalue weighted by Gasteiger charge is -2.20. The number of carbonyl (C=O) groups excluding carboxylic acids is 2. The second kappa shape index (κ2) is 10.0. The van der Waals surface area contributed by atoms with Crippen molar-refractivity contribution in [3.63, 3.8) is 0 Å². The van der Waals surface area contributed by atoms with E-state index in [0.29, 0.717) is 12.2 Å². The fourth-order valence-corrected chi connectivity index (χ4v) is 6.54. The Hall–Kier alpha value is -3.21. The van der Waals surface area contributed by atoms with Crippen LogP contribution >= 0.6 is 0 Å². The minimum absolute atomic E-state index is 0.00198. The topological polar surface area (TPSA) is 123 Å². The summed E-state index contributed by atoms with van der Waals surface area (Å²) >= 11 is 0. The Morgan fingerprint density at radius 2 is 1.89 bits per heavy atom. The molecule has 3 heterocycles. The quantitative estimate of drug-likeness (QED) is 0.387. The van der Waals surface area contributed by atoms with E-state index in [1.54, 1.807) is 24.3 Å². The predicted molar refractivity (Wildman–Crippen MR) is 137 cm³/mol. The highest BCUT2D eigenvalue weighted by molar-refractivity contribution is 7.89. The number of fused-ring (bicyclic) bond motifs is 1. The molecule has 2 aliphatic heterocycles. The van der Waals surface area contributed by atoms with E-state index in [9.17, 15) is 18.0 Å². The van der Waals surface area contributed by atoms with Crippen LogP contribution in [0, 0.1) is 12.8 Å². The molecule has 9 nitrogen and oxygen atoms in total. The fraction of sp³-hybridized carbons (Fsp3) is 0.385. The Labute approximate surface area is 210 Å². The van der Waals surface area contributed by atoms with Gasteiger partial charge in [0.25, 0.3) is 5.91 Å². The van der Waals surface area contributed by atoms with Gasteiger partial charge in [0.2, 0.25) is 15.9 Å². The molecule has 36 heavy (non-hydrogen) atoms. The van der Waals surface area contributed by atoms with Crippen LogP contribution in [0.15, 0.2) is 59.5 Å². The minimum Gasteiger partial charge on any atom is -0.354 e. The summed E-state index contributed by atoms with van der Waals surface area (Å²) in [5, 5.41) is 10.2. The van der Waals surface area contributed by atoms with E-state index in [1.807, 2.05) is 25.1 Å². The normalized spacial score (nSPS) is 22.6. The average Bonchev–Trinajstić information content (AvgIpc) is 3.63. The van der Waals surface area contributed by atoms with Crippen molar-refractivity contribution in [1.82, 2.24) is 25.2 Å². The van der Waals surface area contributed by atoms with Crippen LogP contribution in [-0.4, -0.2) is 67.8 Å². The maximum Gasteiger partial charge on any atom is 0.268 e. The summed E-state index contributed by atoms with van der Waals surface area (Å²) in [5.41, 5.74) is 2.29. The lowest BCUT2D eigenvalue weighted by Crippen LogP contribution is -2.48. The number of sulfonamides is 1. The number of nitrogens with zero attached hydrogens (tertiary/aromatic N) is 1. The Morgan fingerprint density at radius 1 is 1.08 bits per heavy atom. The van der Waals surface area contributed by atoms with Crippen LogP contribution in [-0.2, 0) is 14.8 Å². The van der Waals surface area contributed by atoms with Crippen LogP contribution in [0.25, 0.3) is 10.9 Å². The van der Waals surface area contributed by atoms with Gasteiger partial charge in [-0.05, 0) is 56.6 Å². The highest BCUT2D eigenvalue weighted by Crippen LogP contribution is 2.26. The standard InChI is InChI=1S/C26H31N5O4S/c1-17-9-10-22-18(12-17)13-23(29-22)26(33)30-24-16-31(36(34,35)20-7-3-2-4-8-20)15-21(24)25(32)28-14-19-6-5-11-27-19/h2-4,7-10,12-13,19,21,24,27,29H,5-6,11,14-16H2,1H3,(H,28,32)(H,30,33)/t19-,21+,24+/m1/s1. The summed E-state index contributed by atoms with van der Waals surface area (Å²) in [7, 11) is -3.81. The van der Waals surface area contributed by atoms with E-state index in [4.69, 9.17) is 0 Å². The molecule has 0 radical (unpaired) electrons. The first-order valence-electron chi connectivity index (χ1n) is 12.3. The van der Waals surface area contributed by atoms with Gasteiger partial charge in [-0.1, -0.05) is 29.8 Å². The van der Waals surface area contributed by atoms with E-state index in [1.165, 1.54) is 16.4 Å². The third kappa shape index (κ3) is 5.02. The van der Waals surface area contributed by atoms with E-state index >= 15 is 0 Å². The highest BCUT2D eigenvalue weighted by Gasteiger charge is 2.43. The number of hydrogen-bond donors (Lipinski definition) is 4. The number of H-pyrrole nitrogens is 1. The molecule has 0 unspecified atom stereocenters. The Kier molecular flexibility index (Phi) is 6.83. The van der Waals surface area contributed by atoms with Crippen LogP contribution in [0.4, 0.5) is 0 Å². The summed E-state index contributed by atoms with van der Waals surface area (Å²) in [5.74, 6) is -1.34. The number of rotatable bonds is 7. The van der Waals surface area contributed by atoms with Gasteiger partial charge < -0.3 is 20.9 Å². The SMILES string of the molecule is Cc1ccc2[nH]c(C(=O)N[C@H]3CN(S(=O)(=O)c4ccccc4)C[C@@H]3C(=O)NC[C@H]3CCCN3)cc2c1. The number of aromatic amines is 1. The Bertz CT molecular complexity index is 1370. The molecule has 2 saturated heterocycles. The van der Waals surface area contributed by atoms with E-state index in [-0.39, 0.29) is 35.8 Å². The van der Waals surface area contributed by atoms with Crippen LogP contribution in [0.5, 0.6) is 0 Å². The van der Waals surface area contributed by atoms with Gasteiger partial charge in [-0.15, -0.1) is 0 Å². The van der Waals surface area contributed by atoms with Gasteiger partial charge in [-0.25, -0.2) is 8.42 Å². The largest absolute Gasteiger partial charge is 0.354 e. The molecule has 4 N–H and O–H groups in total. The molecule has 2 aromatic carbocycles. The Balaban J connectivity index is 1.36. The maximum atomic E-state index is 13.3. The first kappa shape index (κ1) is 24.5. The molecule has 10 heteroatoms. The van der Waals surface area contributed by atoms with Gasteiger partial charge in [0.05, 0.1) is 16.9 Å². The summed E-state index contributed by atoms with van der Waals surface area (Å²) in [6.45, 7) is 3.40. The fourth-order valence-electron chi connectivity index (χ4n) is 5.02. The molecule has 3 atom stereocenters. The zero-order valence-corrected chi connectivity index (χ0v) is 21.0. The first-order chi connectivity index (χ1) is 17.3. The van der Waals surface area contributed by atoms with Gasteiger partial charge in [0.1, 0.15) is 5.69 Å². The second-order valence-electron chi connectivity index (χ2n) is 9.63. The molecular formula is C26H31N5O4S. The van der Waals surface area contributed by atoms with Gasteiger partial charge in [-0.2, -0.15) is 4.31 Å². The number of hydrogen-bond acceptors (Lipinski definition) is 5. The van der Waals surface area contributed by atoms with Crippen molar-refractivity contribution in [2.24, 2.45) is 5.92 Å². The van der Waals surface area contributed by atoms with Crippen molar-refractivity contribution in [1.29, 1.82) is 0 Å². The van der Waals surface area contributed by atoms with Crippen LogP contribution < -0.4 is 16.0 Å². The van der Waals surface area contributed by atoms with E-state index in [0.717, 1.165) is 35.9 Å². The molecule has 3 aromatic rings. The zero-order chi connectivity index (χ0) is 25.3. The zero-order valence-electron chi connectivity index (χ0n) is 20.2. The molecule has 0 bridgehead atoms. The van der Waals surface area contributed by atoms with E-state index < -0.39 is 22.0 Å². The summed E-state index contributed by atoms with van der Waals surface area (Å²) in [4.78, 5) is 29.6. The lowest BCUT2D eigenvalue weighted by molar-refractivity contribution is -0.125. The highest BCUT2D eigenvalue weighted by atomic mass is 32.2. The molecule has 190 valence electrons. The van der Waals surface area contributed by atoms with E-state index in [2.05, 4.69) is 20.9 Å². The number of benzene rings is 2. The predicted octanol–water partition coefficient (Wildman–Crippen LogP) is 1.76. The number of aryl methyl sites for hydroxylation is 1. The third-order valence-corrected chi connectivity index (χ3v) is 8.87. The maximum absolute atomic E-state index is 13.3. The van der Waals surface area contributed by atoms with Gasteiger partial charge in [0, 0.05) is 36.6 Å². The molecule has 0 saturated carbocycles. The molecular weight excluding hydrogens is 478 g/mol. The molecule has 2 amide bonds. The molecule has 0 aliphatic carbocycles. The number of nitrogens with one attached hydrogen (secondary N) is 4. The monoisotopic (exact) mass is 509 g/mol. The van der Waals surface area contributed by atoms with Crippen LogP contribution in [0.1, 0.15) is 28.9 Å². The third-order valence-electron chi connectivity index (χ3n) is 7.03. The molecule has 2 aliphatic rings. The lowest BCUT2D eigenvalue weighted by atomic mass is 10.0. The van der Waals surface area contributed by atoms with Gasteiger partial charge in [0.15, 0.2) is 0 Å². The van der Waals surface area contributed by atoms with Crippen molar-refractivity contribution < 1.29 is 18.0 Å². The summed E-state index contributed by atoms with van der Waals surface area (Å²) in [6, 6.07) is 15.3. The molecule has 0 spiro atoms. The number of amides is 2. The average molecular weight is 510 g/mol. The van der Waals surface area contributed by atoms with Crippen molar-refractivity contribution >= 4 is 32.7 Å². The van der Waals surface area contributed by atoms with Crippen LogP contribution in [0.3, 0.4) is 0 Å². The molecule has 2 fully saturated rings. The van der Waals surface area contributed by atoms with Crippen molar-refractivity contribution in [2.45, 2.75) is 36.7 Å². The van der Waals surface area contributed by atoms with Crippen molar-refractivity contribution in [3.8, 4) is 0 Å². The smallest absolute Gasteiger partial charge is 0.268 e. The molecule has 1 aromatic heterocycles. The van der Waals surface area contributed by atoms with Crippen molar-refractivity contribution in [3.05, 3.63) is 65.9 Å². The summed E-state index contributed by atoms with van der Waals surface area (Å²) < 4.78 is 27.9.